The van der Waals surface area contributed by atoms with Crippen LogP contribution in [0.15, 0.2) is 15.0 Å². The largest absolute Gasteiger partial charge is 0.490 e. The number of carboxylic acid groups (broad SMARTS) is 1. The monoisotopic (exact) mass is 613 g/mol. The predicted molar refractivity (Wildman–Crippen MR) is 126 cm³/mol. The van der Waals surface area contributed by atoms with Crippen molar-refractivity contribution in [2.24, 2.45) is 5.92 Å². The van der Waals surface area contributed by atoms with Gasteiger partial charge >= 0.3 is 17.8 Å². The number of nitrogens with zero attached hydrogens (tertiary/aromatic N) is 3. The average molecular weight is 615 g/mol. The van der Waals surface area contributed by atoms with Crippen molar-refractivity contribution >= 4 is 54.5 Å². The lowest BCUT2D eigenvalue weighted by molar-refractivity contribution is -0.384. The molecule has 2 aliphatic heterocycles. The molecule has 0 aliphatic carbocycles. The Morgan fingerprint density at radius 1 is 1.18 bits per heavy atom. The molecule has 3 N–H and O–H groups in total. The van der Waals surface area contributed by atoms with Crippen LogP contribution in [0.2, 0.25) is 0 Å². The van der Waals surface area contributed by atoms with Crippen LogP contribution < -0.4 is 10.6 Å². The van der Waals surface area contributed by atoms with Crippen molar-refractivity contribution in [1.82, 2.24) is 20.2 Å². The van der Waals surface area contributed by atoms with Crippen LogP contribution >= 0.6 is 31.9 Å². The van der Waals surface area contributed by atoms with E-state index in [9.17, 15) is 23.3 Å². The number of imidazole rings is 1. The van der Waals surface area contributed by atoms with Crippen molar-refractivity contribution in [2.75, 3.05) is 26.2 Å². The van der Waals surface area contributed by atoms with Gasteiger partial charge in [-0.1, -0.05) is 0 Å². The topological polar surface area (TPSA) is 122 Å². The van der Waals surface area contributed by atoms with E-state index in [1.807, 2.05) is 6.07 Å². The Hall–Kier alpha value is -1.77. The molecular weight excluding hydrogens is 591 g/mol. The summed E-state index contributed by atoms with van der Waals surface area (Å²) in [5.74, 6) is -0.825. The zero-order valence-corrected chi connectivity index (χ0v) is 21.2. The molecule has 2 fully saturated rings. The van der Waals surface area contributed by atoms with Gasteiger partial charge in [-0.05, 0) is 95.7 Å². The van der Waals surface area contributed by atoms with Crippen LogP contribution in [0.4, 0.5) is 18.9 Å². The molecule has 2 aromatic rings. The minimum Gasteiger partial charge on any atom is -0.475 e. The number of nitro benzene ring substituents is 1. The quantitative estimate of drug-likeness (QED) is 0.341. The van der Waals surface area contributed by atoms with Gasteiger partial charge in [-0.3, -0.25) is 10.1 Å². The summed E-state index contributed by atoms with van der Waals surface area (Å²) in [7, 11) is 0. The fraction of sp³-hybridized carbons (Fsp3) is 0.600. The molecule has 2 aliphatic rings. The number of fused-ring (bicyclic) bond motifs is 1. The van der Waals surface area contributed by atoms with Gasteiger partial charge in [0, 0.05) is 16.9 Å². The zero-order valence-electron chi connectivity index (χ0n) is 18.0. The molecule has 9 nitrogen and oxygen atoms in total. The molecule has 14 heteroatoms. The molecule has 0 amide bonds. The second-order valence-corrected chi connectivity index (χ2v) is 9.89. The van der Waals surface area contributed by atoms with E-state index in [1.54, 1.807) is 0 Å². The van der Waals surface area contributed by atoms with Crippen LogP contribution in [-0.4, -0.2) is 57.9 Å². The molecular formula is C20H24Br2F3N5O4. The number of benzene rings is 1. The van der Waals surface area contributed by atoms with E-state index >= 15 is 0 Å². The molecule has 0 unspecified atom stereocenters. The Morgan fingerprint density at radius 2 is 1.71 bits per heavy atom. The fourth-order valence-electron chi connectivity index (χ4n) is 4.28. The number of carboxylic acids is 1. The van der Waals surface area contributed by atoms with Gasteiger partial charge in [0.05, 0.1) is 10.4 Å². The minimum absolute atomic E-state index is 0.0543. The van der Waals surface area contributed by atoms with Gasteiger partial charge < -0.3 is 20.3 Å². The number of rotatable bonds is 4. The zero-order chi connectivity index (χ0) is 25.0. The number of hydrogen-bond donors (Lipinski definition) is 3. The lowest BCUT2D eigenvalue weighted by atomic mass is 9.95. The molecule has 188 valence electrons. The number of halogens is 5. The van der Waals surface area contributed by atoms with Gasteiger partial charge in [0.2, 0.25) is 0 Å². The summed E-state index contributed by atoms with van der Waals surface area (Å²) in [4.78, 5) is 25.2. The van der Waals surface area contributed by atoms with Gasteiger partial charge in [0.15, 0.2) is 5.52 Å². The standard InChI is InChI=1S/C18H23Br2N5O2.C2HF3O2/c19-13-9-14-16(17(15(13)20)25(26)27)23-18(12-3-7-22-8-4-12)24(14)10-11-1-5-21-6-2-11;3-2(4,5)1(6)7/h9,11-12,21-22H,1-8,10H2;(H,6,7). The molecule has 0 bridgehead atoms. The Balaban J connectivity index is 0.000000406. The van der Waals surface area contributed by atoms with Gasteiger partial charge in [-0.15, -0.1) is 0 Å². The first-order valence-electron chi connectivity index (χ1n) is 10.7. The maximum absolute atomic E-state index is 11.8. The third-order valence-electron chi connectivity index (χ3n) is 5.97. The van der Waals surface area contributed by atoms with E-state index in [0.717, 1.165) is 69.7 Å². The summed E-state index contributed by atoms with van der Waals surface area (Å²) in [5, 5.41) is 25.7. The molecule has 0 saturated carbocycles. The van der Waals surface area contributed by atoms with Crippen molar-refractivity contribution in [3.63, 3.8) is 0 Å². The fourth-order valence-corrected chi connectivity index (χ4v) is 5.13. The summed E-state index contributed by atoms with van der Waals surface area (Å²) in [6.45, 7) is 4.89. The minimum atomic E-state index is -5.08. The summed E-state index contributed by atoms with van der Waals surface area (Å²) >= 11 is 6.86. The molecule has 0 spiro atoms. The molecule has 0 radical (unpaired) electrons. The van der Waals surface area contributed by atoms with Crippen molar-refractivity contribution in [1.29, 1.82) is 0 Å². The van der Waals surface area contributed by atoms with Crippen LogP contribution in [-0.2, 0) is 11.3 Å². The van der Waals surface area contributed by atoms with E-state index in [-0.39, 0.29) is 10.6 Å². The van der Waals surface area contributed by atoms with Crippen LogP contribution in [0.5, 0.6) is 0 Å². The second kappa shape index (κ2) is 11.3. The van der Waals surface area contributed by atoms with Gasteiger partial charge in [0.25, 0.3) is 0 Å². The molecule has 4 rings (SSSR count). The Morgan fingerprint density at radius 3 is 2.21 bits per heavy atom. The first kappa shape index (κ1) is 26.8. The lowest BCUT2D eigenvalue weighted by Gasteiger charge is -2.27. The van der Waals surface area contributed by atoms with E-state index in [4.69, 9.17) is 14.9 Å². The predicted octanol–water partition coefficient (Wildman–Crippen LogP) is 4.57. The third-order valence-corrected chi connectivity index (χ3v) is 7.93. The number of nitrogens with one attached hydrogen (secondary N) is 2. The summed E-state index contributed by atoms with van der Waals surface area (Å²) in [6, 6.07) is 1.98. The summed E-state index contributed by atoms with van der Waals surface area (Å²) in [6.07, 6.45) is -0.784. The average Bonchev–Trinajstić information content (AvgIpc) is 3.12. The van der Waals surface area contributed by atoms with E-state index in [2.05, 4.69) is 47.1 Å². The first-order valence-corrected chi connectivity index (χ1v) is 12.3. The summed E-state index contributed by atoms with van der Waals surface area (Å²) in [5.41, 5.74) is 1.42. The number of aromatic nitrogens is 2. The van der Waals surface area contributed by atoms with Crippen LogP contribution in [0, 0.1) is 16.0 Å². The van der Waals surface area contributed by atoms with Gasteiger partial charge in [-0.25, -0.2) is 9.78 Å². The smallest absolute Gasteiger partial charge is 0.475 e. The van der Waals surface area contributed by atoms with Crippen LogP contribution in [0.3, 0.4) is 0 Å². The highest BCUT2D eigenvalue weighted by atomic mass is 79.9. The van der Waals surface area contributed by atoms with Crippen molar-refractivity contribution in [3.8, 4) is 0 Å². The number of carbonyl (C=O) groups is 1. The highest BCUT2D eigenvalue weighted by molar-refractivity contribution is 9.13. The van der Waals surface area contributed by atoms with Gasteiger partial charge in [0.1, 0.15) is 10.3 Å². The van der Waals surface area contributed by atoms with E-state index in [1.165, 1.54) is 0 Å². The molecule has 34 heavy (non-hydrogen) atoms. The second-order valence-electron chi connectivity index (χ2n) is 8.25. The SMILES string of the molecule is O=C(O)C(F)(F)F.O=[N+]([O-])c1c(Br)c(Br)cc2c1nc(C1CCNCC1)n2CC1CCNCC1. The van der Waals surface area contributed by atoms with Crippen molar-refractivity contribution in [3.05, 3.63) is 31.0 Å². The summed E-state index contributed by atoms with van der Waals surface area (Å²) < 4.78 is 35.2. The Bertz CT molecular complexity index is 1050. The number of aliphatic carboxylic acids is 1. The maximum Gasteiger partial charge on any atom is 0.490 e. The molecule has 0 atom stereocenters. The molecule has 2 saturated heterocycles. The number of nitro groups is 1. The maximum atomic E-state index is 11.8. The Labute approximate surface area is 209 Å². The Kier molecular flexibility index (Phi) is 8.93. The van der Waals surface area contributed by atoms with E-state index < -0.39 is 12.1 Å². The van der Waals surface area contributed by atoms with Gasteiger partial charge in [-0.2, -0.15) is 13.2 Å². The molecule has 1 aromatic carbocycles. The highest BCUT2D eigenvalue weighted by Gasteiger charge is 2.38. The third kappa shape index (κ3) is 6.26. The molecule has 1 aromatic heterocycles. The number of alkyl halides is 3. The van der Waals surface area contributed by atoms with Crippen LogP contribution in [0.25, 0.3) is 11.0 Å². The lowest BCUT2D eigenvalue weighted by Crippen LogP contribution is -2.31. The molecule has 3 heterocycles. The first-order chi connectivity index (χ1) is 16.0. The number of piperidine rings is 2. The normalized spacial score (nSPS) is 17.9. The van der Waals surface area contributed by atoms with Crippen molar-refractivity contribution < 1.29 is 28.0 Å². The van der Waals surface area contributed by atoms with Crippen molar-refractivity contribution in [2.45, 2.75) is 44.3 Å². The highest BCUT2D eigenvalue weighted by Crippen LogP contribution is 2.41. The number of hydrogen-bond acceptors (Lipinski definition) is 6. The van der Waals surface area contributed by atoms with E-state index in [0.29, 0.717) is 26.3 Å². The van der Waals surface area contributed by atoms with Crippen LogP contribution in [0.1, 0.15) is 37.4 Å².